The molecule has 0 unspecified atom stereocenters. The van der Waals surface area contributed by atoms with Crippen molar-refractivity contribution in [3.05, 3.63) is 34.7 Å². The Balaban J connectivity index is 1.50. The van der Waals surface area contributed by atoms with Gasteiger partial charge in [0.2, 0.25) is 0 Å². The number of rotatable bonds is 3. The molecule has 26 heavy (non-hydrogen) atoms. The van der Waals surface area contributed by atoms with E-state index in [-0.39, 0.29) is 23.9 Å². The van der Waals surface area contributed by atoms with Gasteiger partial charge in [-0.2, -0.15) is 5.26 Å². The van der Waals surface area contributed by atoms with E-state index in [9.17, 15) is 15.2 Å². The summed E-state index contributed by atoms with van der Waals surface area (Å²) in [5.74, 6) is 0.346. The smallest absolute Gasteiger partial charge is 0.326 e. The largest absolute Gasteiger partial charge is 0.396 e. The van der Waals surface area contributed by atoms with Crippen molar-refractivity contribution < 1.29 is 5.11 Å². The second-order valence-corrected chi connectivity index (χ2v) is 7.80. The molecule has 1 aromatic heterocycles. The van der Waals surface area contributed by atoms with Crippen molar-refractivity contribution in [2.45, 2.75) is 50.1 Å². The Morgan fingerprint density at radius 3 is 2.54 bits per heavy atom. The van der Waals surface area contributed by atoms with Crippen LogP contribution in [0.4, 0.5) is 0 Å². The van der Waals surface area contributed by atoms with Gasteiger partial charge in [0, 0.05) is 25.7 Å². The first-order valence-electron chi connectivity index (χ1n) is 9.63. The highest BCUT2D eigenvalue weighted by Crippen LogP contribution is 2.39. The van der Waals surface area contributed by atoms with Gasteiger partial charge in [-0.25, -0.2) is 4.79 Å². The van der Waals surface area contributed by atoms with Gasteiger partial charge < -0.3 is 10.1 Å². The minimum absolute atomic E-state index is 0.0388. The third-order valence-corrected chi connectivity index (χ3v) is 6.46. The molecule has 0 radical (unpaired) electrons. The lowest BCUT2D eigenvalue weighted by Gasteiger charge is -2.46. The lowest BCUT2D eigenvalue weighted by molar-refractivity contribution is 0.0405. The molecule has 2 fully saturated rings. The first-order valence-corrected chi connectivity index (χ1v) is 9.63. The van der Waals surface area contributed by atoms with Gasteiger partial charge in [-0.3, -0.25) is 9.47 Å². The molecule has 6 nitrogen and oxygen atoms in total. The molecule has 2 heterocycles. The second kappa shape index (κ2) is 6.90. The van der Waals surface area contributed by atoms with Gasteiger partial charge in [0.15, 0.2) is 0 Å². The molecule has 0 amide bonds. The Morgan fingerprint density at radius 2 is 1.88 bits per heavy atom. The van der Waals surface area contributed by atoms with Gasteiger partial charge in [-0.1, -0.05) is 12.1 Å². The molecule has 2 N–H and O–H groups in total. The van der Waals surface area contributed by atoms with Gasteiger partial charge >= 0.3 is 5.69 Å². The molecule has 6 heteroatoms. The zero-order valence-corrected chi connectivity index (χ0v) is 15.0. The average Bonchev–Trinajstić information content (AvgIpc) is 3.04. The molecule has 0 atom stereocenters. The summed E-state index contributed by atoms with van der Waals surface area (Å²) in [6.45, 7) is 1.91. The van der Waals surface area contributed by atoms with E-state index in [0.717, 1.165) is 62.6 Å². The van der Waals surface area contributed by atoms with Crippen LogP contribution in [0.5, 0.6) is 0 Å². The molecule has 1 saturated heterocycles. The van der Waals surface area contributed by atoms with E-state index in [2.05, 4.69) is 16.0 Å². The van der Waals surface area contributed by atoms with Crippen LogP contribution in [-0.2, 0) is 0 Å². The number of likely N-dealkylation sites (tertiary alicyclic amines) is 1. The number of H-pyrrole nitrogens is 1. The monoisotopic (exact) mass is 354 g/mol. The van der Waals surface area contributed by atoms with Crippen molar-refractivity contribution in [3.8, 4) is 6.07 Å². The number of aliphatic hydroxyl groups excluding tert-OH is 1. The Bertz CT molecular complexity index is 862. The van der Waals surface area contributed by atoms with E-state index < -0.39 is 0 Å². The zero-order valence-electron chi connectivity index (χ0n) is 15.0. The van der Waals surface area contributed by atoms with Crippen LogP contribution in [0.1, 0.15) is 44.6 Å². The van der Waals surface area contributed by atoms with Gasteiger partial charge in [-0.05, 0) is 56.6 Å². The molecule has 2 aliphatic rings. The summed E-state index contributed by atoms with van der Waals surface area (Å²) in [6, 6.07) is 10.6. The van der Waals surface area contributed by atoms with Crippen molar-refractivity contribution in [1.82, 2.24) is 14.5 Å². The fourth-order valence-corrected chi connectivity index (χ4v) is 4.83. The van der Waals surface area contributed by atoms with Crippen LogP contribution in [0.15, 0.2) is 29.1 Å². The molecule has 1 saturated carbocycles. The number of aliphatic hydroxyl groups is 1. The van der Waals surface area contributed by atoms with E-state index in [0.29, 0.717) is 5.92 Å². The van der Waals surface area contributed by atoms with Crippen LogP contribution < -0.4 is 5.69 Å². The van der Waals surface area contributed by atoms with E-state index in [4.69, 9.17) is 0 Å². The number of fused-ring (bicyclic) bond motifs is 1. The van der Waals surface area contributed by atoms with E-state index in [1.807, 2.05) is 28.8 Å². The molecule has 0 bridgehead atoms. The van der Waals surface area contributed by atoms with Crippen LogP contribution in [-0.4, -0.2) is 44.8 Å². The summed E-state index contributed by atoms with van der Waals surface area (Å²) in [5, 5.41) is 19.2. The van der Waals surface area contributed by atoms with Gasteiger partial charge in [-0.15, -0.1) is 0 Å². The van der Waals surface area contributed by atoms with Crippen molar-refractivity contribution in [2.24, 2.45) is 5.92 Å². The van der Waals surface area contributed by atoms with Crippen LogP contribution in [0.2, 0.25) is 0 Å². The fourth-order valence-electron chi connectivity index (χ4n) is 4.83. The van der Waals surface area contributed by atoms with Crippen LogP contribution in [0, 0.1) is 17.2 Å². The standard InChI is InChI=1S/C20H26N4O2/c21-14-20(9-5-15(13-25)6-10-20)23-11-7-16(8-12-23)24-18-4-2-1-3-17(18)22-19(24)26/h1-4,15-16,25H,5-13H2,(H,22,26). The average molecular weight is 354 g/mol. The van der Waals surface area contributed by atoms with Gasteiger partial charge in [0.1, 0.15) is 5.54 Å². The number of benzene rings is 1. The van der Waals surface area contributed by atoms with Gasteiger partial charge in [0.25, 0.3) is 0 Å². The van der Waals surface area contributed by atoms with Crippen LogP contribution in [0.3, 0.4) is 0 Å². The summed E-state index contributed by atoms with van der Waals surface area (Å²) in [7, 11) is 0. The van der Waals surface area contributed by atoms with Crippen molar-refractivity contribution in [2.75, 3.05) is 19.7 Å². The number of hydrogen-bond donors (Lipinski definition) is 2. The maximum atomic E-state index is 12.4. The molecule has 4 rings (SSSR count). The summed E-state index contributed by atoms with van der Waals surface area (Å²) in [6.07, 6.45) is 5.29. The zero-order chi connectivity index (χ0) is 18.1. The van der Waals surface area contributed by atoms with Crippen LogP contribution in [0.25, 0.3) is 11.0 Å². The molecular weight excluding hydrogens is 328 g/mol. The Morgan fingerprint density at radius 1 is 1.19 bits per heavy atom. The number of aromatic nitrogens is 2. The summed E-state index contributed by atoms with van der Waals surface area (Å²) >= 11 is 0. The maximum absolute atomic E-state index is 12.4. The number of hydrogen-bond acceptors (Lipinski definition) is 4. The molecule has 1 aliphatic carbocycles. The normalized spacial score (nSPS) is 28.2. The highest BCUT2D eigenvalue weighted by Gasteiger charge is 2.42. The number of nitriles is 1. The van der Waals surface area contributed by atoms with Crippen molar-refractivity contribution >= 4 is 11.0 Å². The summed E-state index contributed by atoms with van der Waals surface area (Å²) in [5.41, 5.74) is 1.43. The minimum atomic E-state index is -0.387. The van der Waals surface area contributed by atoms with E-state index in [1.165, 1.54) is 0 Å². The Labute approximate surface area is 153 Å². The molecule has 2 aromatic rings. The third-order valence-electron chi connectivity index (χ3n) is 6.46. The topological polar surface area (TPSA) is 85.0 Å². The SMILES string of the molecule is N#CC1(N2CCC(n3c(=O)[nH]c4ccccc43)CC2)CCC(CO)CC1. The summed E-state index contributed by atoms with van der Waals surface area (Å²) in [4.78, 5) is 17.7. The van der Waals surface area contributed by atoms with E-state index in [1.54, 1.807) is 0 Å². The highest BCUT2D eigenvalue weighted by molar-refractivity contribution is 5.75. The lowest BCUT2D eigenvalue weighted by Crippen LogP contribution is -2.53. The second-order valence-electron chi connectivity index (χ2n) is 7.80. The first-order chi connectivity index (χ1) is 12.7. The number of piperidine rings is 1. The summed E-state index contributed by atoms with van der Waals surface area (Å²) < 4.78 is 1.90. The number of para-hydroxylation sites is 2. The quantitative estimate of drug-likeness (QED) is 0.886. The molecule has 0 spiro atoms. The Hall–Kier alpha value is -2.10. The molecule has 1 aromatic carbocycles. The maximum Gasteiger partial charge on any atom is 0.326 e. The fraction of sp³-hybridized carbons (Fsp3) is 0.600. The highest BCUT2D eigenvalue weighted by atomic mass is 16.3. The van der Waals surface area contributed by atoms with E-state index >= 15 is 0 Å². The third kappa shape index (κ3) is 2.85. The van der Waals surface area contributed by atoms with Gasteiger partial charge in [0.05, 0.1) is 17.1 Å². The number of imidazole rings is 1. The molecular formula is C20H26N4O2. The van der Waals surface area contributed by atoms with Crippen LogP contribution >= 0.6 is 0 Å². The Kier molecular flexibility index (Phi) is 4.60. The minimum Gasteiger partial charge on any atom is -0.396 e. The number of nitrogens with zero attached hydrogens (tertiary/aromatic N) is 3. The number of nitrogens with one attached hydrogen (secondary N) is 1. The predicted octanol–water partition coefficient (Wildman–Crippen LogP) is 2.41. The lowest BCUT2D eigenvalue weighted by atomic mass is 9.75. The molecule has 138 valence electrons. The first kappa shape index (κ1) is 17.3. The van der Waals surface area contributed by atoms with Crippen molar-refractivity contribution in [3.63, 3.8) is 0 Å². The van der Waals surface area contributed by atoms with Crippen molar-refractivity contribution in [1.29, 1.82) is 5.26 Å². The molecule has 1 aliphatic heterocycles. The predicted molar refractivity (Wildman–Crippen MR) is 99.8 cm³/mol. The number of aromatic amines is 1.